The maximum absolute atomic E-state index is 13.9. The van der Waals surface area contributed by atoms with Crippen molar-refractivity contribution < 1.29 is 43.2 Å². The summed E-state index contributed by atoms with van der Waals surface area (Å²) in [7, 11) is 9.15. The molecule has 2 aromatic carbocycles. The van der Waals surface area contributed by atoms with Crippen molar-refractivity contribution >= 4 is 29.6 Å². The molecule has 2 aliphatic rings. The third-order valence-corrected chi connectivity index (χ3v) is 7.93. The van der Waals surface area contributed by atoms with Gasteiger partial charge in [0.1, 0.15) is 0 Å². The normalized spacial score (nSPS) is 17.3. The molecule has 0 radical (unpaired) electrons. The lowest BCUT2D eigenvalue weighted by Crippen LogP contribution is -2.43. The Morgan fingerprint density at radius 2 is 1.18 bits per heavy atom. The van der Waals surface area contributed by atoms with Crippen molar-refractivity contribution in [3.05, 3.63) is 46.5 Å². The number of ether oxygens (including phenoxy) is 6. The number of likely N-dealkylation sites (tertiary alicyclic amines) is 2. The van der Waals surface area contributed by atoms with Crippen LogP contribution in [0.1, 0.15) is 30.4 Å². The van der Waals surface area contributed by atoms with Crippen LogP contribution in [0, 0.1) is 0 Å². The highest BCUT2D eigenvalue weighted by molar-refractivity contribution is 6.15. The highest BCUT2D eigenvalue weighted by atomic mass is 16.5. The van der Waals surface area contributed by atoms with Crippen LogP contribution in [0.4, 0.5) is 0 Å². The van der Waals surface area contributed by atoms with Crippen molar-refractivity contribution in [1.29, 1.82) is 0 Å². The standard InChI is InChI=1S/C33H41N3O9/c1-40-26-15-21(16-27(41-2)32(26)44-5)13-23-19-36(30(37)9-12-35-10-7-25(34-39)8-11-35)20-24(31(23)38)14-22-17-28(42-3)33(45-6)29(18-22)43-4/h13-18,39H,7-12,19-20H2,1-6H3/b23-13+,24-14+. The minimum absolute atomic E-state index is 0.0734. The molecule has 242 valence electrons. The van der Waals surface area contributed by atoms with E-state index in [9.17, 15) is 9.59 Å². The number of carbonyl (C=O) groups is 2. The summed E-state index contributed by atoms with van der Waals surface area (Å²) in [4.78, 5) is 31.4. The van der Waals surface area contributed by atoms with Crippen molar-refractivity contribution in [2.24, 2.45) is 5.16 Å². The van der Waals surface area contributed by atoms with Crippen molar-refractivity contribution in [3.8, 4) is 34.5 Å². The molecule has 2 fully saturated rings. The molecule has 4 rings (SSSR count). The summed E-state index contributed by atoms with van der Waals surface area (Å²) in [5, 5.41) is 12.4. The van der Waals surface area contributed by atoms with Crippen LogP contribution in [-0.4, -0.2) is 108 Å². The first-order chi connectivity index (χ1) is 21.8. The molecule has 0 spiro atoms. The molecule has 0 unspecified atom stereocenters. The average molecular weight is 624 g/mol. The van der Waals surface area contributed by atoms with Gasteiger partial charge in [-0.2, -0.15) is 0 Å². The van der Waals surface area contributed by atoms with E-state index in [1.165, 1.54) is 42.7 Å². The van der Waals surface area contributed by atoms with Crippen molar-refractivity contribution in [2.45, 2.75) is 19.3 Å². The molecule has 2 heterocycles. The molecular weight excluding hydrogens is 582 g/mol. The number of carbonyl (C=O) groups excluding carboxylic acids is 2. The smallest absolute Gasteiger partial charge is 0.224 e. The number of ketones is 1. The fraction of sp³-hybridized carbons (Fsp3) is 0.424. The molecule has 12 nitrogen and oxygen atoms in total. The summed E-state index contributed by atoms with van der Waals surface area (Å²) < 4.78 is 32.9. The molecule has 0 saturated carbocycles. The summed E-state index contributed by atoms with van der Waals surface area (Å²) in [6, 6.07) is 7.02. The van der Waals surface area contributed by atoms with Crippen molar-refractivity contribution in [1.82, 2.24) is 9.80 Å². The Labute approximate surface area is 263 Å². The van der Waals surface area contributed by atoms with E-state index < -0.39 is 0 Å². The first-order valence-electron chi connectivity index (χ1n) is 14.5. The monoisotopic (exact) mass is 623 g/mol. The van der Waals surface area contributed by atoms with Gasteiger partial charge in [0.2, 0.25) is 17.4 Å². The summed E-state index contributed by atoms with van der Waals surface area (Å²) >= 11 is 0. The van der Waals surface area contributed by atoms with Crippen LogP contribution in [-0.2, 0) is 9.59 Å². The highest BCUT2D eigenvalue weighted by Gasteiger charge is 2.30. The minimum atomic E-state index is -0.187. The highest BCUT2D eigenvalue weighted by Crippen LogP contribution is 2.40. The van der Waals surface area contributed by atoms with E-state index in [2.05, 4.69) is 10.1 Å². The van der Waals surface area contributed by atoms with E-state index in [0.717, 1.165) is 18.8 Å². The third-order valence-electron chi connectivity index (χ3n) is 7.93. The molecular formula is C33H41N3O9. The minimum Gasteiger partial charge on any atom is -0.493 e. The predicted molar refractivity (Wildman–Crippen MR) is 169 cm³/mol. The quantitative estimate of drug-likeness (QED) is 0.223. The zero-order valence-corrected chi connectivity index (χ0v) is 26.7. The van der Waals surface area contributed by atoms with Crippen LogP contribution in [0.15, 0.2) is 40.6 Å². The molecule has 2 aromatic rings. The van der Waals surface area contributed by atoms with Crippen LogP contribution in [0.3, 0.4) is 0 Å². The lowest BCUT2D eigenvalue weighted by molar-refractivity contribution is -0.131. The number of Topliss-reactive ketones (excluding diaryl/α,β-unsaturated/α-hetero) is 1. The lowest BCUT2D eigenvalue weighted by atomic mass is 9.93. The number of oxime groups is 1. The van der Waals surface area contributed by atoms with Crippen molar-refractivity contribution in [2.75, 3.05) is 75.4 Å². The SMILES string of the molecule is COc1cc(/C=C2\CN(C(=O)CCN3CCC(=NO)CC3)C/C(=C\c3cc(OC)c(OC)c(OC)c3)C2=O)cc(OC)c1OC. The Hall–Kier alpha value is -4.71. The van der Waals surface area contributed by atoms with E-state index >= 15 is 0 Å². The summed E-state index contributed by atoms with van der Waals surface area (Å²) in [5.74, 6) is 2.41. The predicted octanol–water partition coefficient (Wildman–Crippen LogP) is 3.93. The number of piperidine rings is 2. The zero-order chi connectivity index (χ0) is 32.5. The van der Waals surface area contributed by atoms with Gasteiger partial charge in [-0.1, -0.05) is 5.16 Å². The molecule has 0 bridgehead atoms. The Bertz CT molecular complexity index is 1350. The van der Waals surface area contributed by atoms with Crippen LogP contribution >= 0.6 is 0 Å². The maximum atomic E-state index is 13.9. The number of amides is 1. The molecule has 0 aliphatic carbocycles. The second-order valence-corrected chi connectivity index (χ2v) is 10.6. The van der Waals surface area contributed by atoms with E-state index in [1.807, 2.05) is 0 Å². The van der Waals surface area contributed by atoms with Crippen LogP contribution in [0.2, 0.25) is 0 Å². The van der Waals surface area contributed by atoms with E-state index in [0.29, 0.717) is 76.2 Å². The topological polar surface area (TPSA) is 129 Å². The molecule has 45 heavy (non-hydrogen) atoms. The summed E-state index contributed by atoms with van der Waals surface area (Å²) in [6.07, 6.45) is 5.12. The summed E-state index contributed by atoms with van der Waals surface area (Å²) in [6.45, 7) is 2.30. The average Bonchev–Trinajstić information content (AvgIpc) is 3.07. The van der Waals surface area contributed by atoms with Gasteiger partial charge in [-0.05, 0) is 47.5 Å². The number of hydrogen-bond donors (Lipinski definition) is 1. The van der Waals surface area contributed by atoms with Gasteiger partial charge in [-0.3, -0.25) is 9.59 Å². The van der Waals surface area contributed by atoms with Gasteiger partial charge in [0.25, 0.3) is 0 Å². The first-order valence-corrected chi connectivity index (χ1v) is 14.5. The molecule has 0 atom stereocenters. The van der Waals surface area contributed by atoms with Crippen molar-refractivity contribution in [3.63, 3.8) is 0 Å². The second kappa shape index (κ2) is 15.3. The number of hydrogen-bond acceptors (Lipinski definition) is 11. The lowest BCUT2D eigenvalue weighted by Gasteiger charge is -2.32. The van der Waals surface area contributed by atoms with Crippen LogP contribution in [0.5, 0.6) is 34.5 Å². The first kappa shape index (κ1) is 33.2. The second-order valence-electron chi connectivity index (χ2n) is 10.6. The molecule has 2 aliphatic heterocycles. The van der Waals surface area contributed by atoms with E-state index in [1.54, 1.807) is 41.3 Å². The molecule has 0 aromatic heterocycles. The Kier molecular flexibility index (Phi) is 11.3. The van der Waals surface area contributed by atoms with Gasteiger partial charge < -0.3 is 43.4 Å². The number of benzene rings is 2. The van der Waals surface area contributed by atoms with Gasteiger partial charge in [-0.25, -0.2) is 0 Å². The number of rotatable bonds is 11. The maximum Gasteiger partial charge on any atom is 0.224 e. The van der Waals surface area contributed by atoms with E-state index in [4.69, 9.17) is 33.6 Å². The molecule has 1 amide bonds. The fourth-order valence-corrected chi connectivity index (χ4v) is 5.53. The molecule has 1 N–H and O–H groups in total. The van der Waals surface area contributed by atoms with E-state index in [-0.39, 0.29) is 31.2 Å². The number of nitrogens with zero attached hydrogens (tertiary/aromatic N) is 3. The van der Waals surface area contributed by atoms with Gasteiger partial charge in [0.05, 0.1) is 48.4 Å². The number of methoxy groups -OCH3 is 6. The van der Waals surface area contributed by atoms with Gasteiger partial charge in [0, 0.05) is 63.1 Å². The molecule has 2 saturated heterocycles. The van der Waals surface area contributed by atoms with Gasteiger partial charge in [-0.15, -0.1) is 0 Å². The largest absolute Gasteiger partial charge is 0.493 e. The zero-order valence-electron chi connectivity index (χ0n) is 26.7. The Morgan fingerprint density at radius 3 is 1.53 bits per heavy atom. The Morgan fingerprint density at radius 1 is 0.756 bits per heavy atom. The summed E-state index contributed by atoms with van der Waals surface area (Å²) in [5.41, 5.74) is 2.96. The van der Waals surface area contributed by atoms with Gasteiger partial charge >= 0.3 is 0 Å². The van der Waals surface area contributed by atoms with Crippen LogP contribution in [0.25, 0.3) is 12.2 Å². The molecule has 12 heteroatoms. The third kappa shape index (κ3) is 7.69. The fourth-order valence-electron chi connectivity index (χ4n) is 5.53. The Balaban J connectivity index is 1.70. The van der Waals surface area contributed by atoms with Gasteiger partial charge in [0.15, 0.2) is 28.8 Å². The van der Waals surface area contributed by atoms with Crippen LogP contribution < -0.4 is 28.4 Å².